The average Bonchev–Trinajstić information content (AvgIpc) is 2.53. The molecule has 0 radical (unpaired) electrons. The van der Waals surface area contributed by atoms with Crippen molar-refractivity contribution in [1.82, 2.24) is 4.72 Å². The molecule has 124 valence electrons. The molecular formula is C17H27NO3S. The molecule has 1 N–H and O–H groups in total. The van der Waals surface area contributed by atoms with Crippen molar-refractivity contribution in [2.45, 2.75) is 56.8 Å². The molecule has 1 saturated carbocycles. The lowest BCUT2D eigenvalue weighted by atomic mass is 9.90. The Kier molecular flexibility index (Phi) is 5.87. The van der Waals surface area contributed by atoms with Crippen LogP contribution >= 0.6 is 0 Å². The van der Waals surface area contributed by atoms with Gasteiger partial charge in [-0.1, -0.05) is 33.1 Å². The highest BCUT2D eigenvalue weighted by atomic mass is 32.2. The van der Waals surface area contributed by atoms with Crippen molar-refractivity contribution in [2.24, 2.45) is 5.92 Å². The molecular weight excluding hydrogens is 298 g/mol. The highest BCUT2D eigenvalue weighted by Gasteiger charge is 2.20. The third-order valence-electron chi connectivity index (χ3n) is 4.42. The summed E-state index contributed by atoms with van der Waals surface area (Å²) in [6.45, 7) is 4.61. The standard InChI is InChI=1S/C17H27NO3S/c1-13(2)16-11-15(9-10-17(16)21-3)22(19,20)18-12-14-7-5-4-6-8-14/h9-11,13-14,18H,4-8,12H2,1-3H3. The molecule has 0 amide bonds. The second kappa shape index (κ2) is 7.47. The van der Waals surface area contributed by atoms with E-state index in [1.54, 1.807) is 25.3 Å². The van der Waals surface area contributed by atoms with Gasteiger partial charge in [0.2, 0.25) is 10.0 Å². The number of hydrogen-bond donors (Lipinski definition) is 1. The minimum Gasteiger partial charge on any atom is -0.496 e. The van der Waals surface area contributed by atoms with Gasteiger partial charge in [-0.05, 0) is 48.4 Å². The van der Waals surface area contributed by atoms with Crippen LogP contribution in [0.3, 0.4) is 0 Å². The van der Waals surface area contributed by atoms with Crippen LogP contribution in [-0.2, 0) is 10.0 Å². The maximum Gasteiger partial charge on any atom is 0.240 e. The predicted octanol–water partition coefficient (Wildman–Crippen LogP) is 3.68. The quantitative estimate of drug-likeness (QED) is 0.868. The van der Waals surface area contributed by atoms with Crippen LogP contribution in [0.1, 0.15) is 57.4 Å². The summed E-state index contributed by atoms with van der Waals surface area (Å²) in [5.41, 5.74) is 0.919. The first-order valence-corrected chi connectivity index (χ1v) is 9.60. The van der Waals surface area contributed by atoms with E-state index in [0.29, 0.717) is 17.4 Å². The molecule has 1 aliphatic rings. The first kappa shape index (κ1) is 17.3. The van der Waals surface area contributed by atoms with E-state index in [2.05, 4.69) is 4.72 Å². The molecule has 1 fully saturated rings. The van der Waals surface area contributed by atoms with Gasteiger partial charge in [-0.25, -0.2) is 13.1 Å². The van der Waals surface area contributed by atoms with Crippen molar-refractivity contribution in [3.63, 3.8) is 0 Å². The van der Waals surface area contributed by atoms with Gasteiger partial charge in [0.25, 0.3) is 0 Å². The van der Waals surface area contributed by atoms with E-state index in [4.69, 9.17) is 4.74 Å². The molecule has 1 aromatic rings. The van der Waals surface area contributed by atoms with E-state index in [0.717, 1.165) is 24.2 Å². The third kappa shape index (κ3) is 4.23. The van der Waals surface area contributed by atoms with Crippen LogP contribution in [0, 0.1) is 5.92 Å². The number of nitrogens with one attached hydrogen (secondary N) is 1. The molecule has 1 aromatic carbocycles. The molecule has 0 spiro atoms. The number of rotatable bonds is 6. The van der Waals surface area contributed by atoms with Crippen LogP contribution < -0.4 is 9.46 Å². The number of hydrogen-bond acceptors (Lipinski definition) is 3. The van der Waals surface area contributed by atoms with Gasteiger partial charge in [0, 0.05) is 6.54 Å². The van der Waals surface area contributed by atoms with Crippen LogP contribution in [0.4, 0.5) is 0 Å². The Labute approximate surface area is 134 Å². The average molecular weight is 325 g/mol. The zero-order valence-electron chi connectivity index (χ0n) is 13.8. The van der Waals surface area contributed by atoms with Gasteiger partial charge in [0.1, 0.15) is 5.75 Å². The Hall–Kier alpha value is -1.07. The third-order valence-corrected chi connectivity index (χ3v) is 5.84. The van der Waals surface area contributed by atoms with Crippen molar-refractivity contribution < 1.29 is 13.2 Å². The number of benzene rings is 1. The fraction of sp³-hybridized carbons (Fsp3) is 0.647. The van der Waals surface area contributed by atoms with Gasteiger partial charge < -0.3 is 4.74 Å². The van der Waals surface area contributed by atoms with E-state index < -0.39 is 10.0 Å². The van der Waals surface area contributed by atoms with Crippen LogP contribution in [0.25, 0.3) is 0 Å². The van der Waals surface area contributed by atoms with Crippen molar-refractivity contribution in [3.8, 4) is 5.75 Å². The maximum absolute atomic E-state index is 12.5. The van der Waals surface area contributed by atoms with Crippen LogP contribution in [0.2, 0.25) is 0 Å². The fourth-order valence-corrected chi connectivity index (χ4v) is 4.18. The first-order valence-electron chi connectivity index (χ1n) is 8.11. The van der Waals surface area contributed by atoms with Crippen LogP contribution in [0.15, 0.2) is 23.1 Å². The lowest BCUT2D eigenvalue weighted by molar-refractivity contribution is 0.357. The van der Waals surface area contributed by atoms with Crippen molar-refractivity contribution >= 4 is 10.0 Å². The molecule has 5 heteroatoms. The zero-order chi connectivity index (χ0) is 16.2. The van der Waals surface area contributed by atoms with Gasteiger partial charge in [-0.15, -0.1) is 0 Å². The molecule has 0 atom stereocenters. The first-order chi connectivity index (χ1) is 10.4. The van der Waals surface area contributed by atoms with Gasteiger partial charge in [-0.2, -0.15) is 0 Å². The Morgan fingerprint density at radius 3 is 2.50 bits per heavy atom. The topological polar surface area (TPSA) is 55.4 Å². The van der Waals surface area contributed by atoms with E-state index in [1.165, 1.54) is 19.3 Å². The second-order valence-electron chi connectivity index (χ2n) is 6.41. The normalized spacial score (nSPS) is 16.9. The summed E-state index contributed by atoms with van der Waals surface area (Å²) in [4.78, 5) is 0.327. The summed E-state index contributed by atoms with van der Waals surface area (Å²) < 4.78 is 33.1. The van der Waals surface area contributed by atoms with Crippen LogP contribution in [0.5, 0.6) is 5.75 Å². The largest absolute Gasteiger partial charge is 0.496 e. The summed E-state index contributed by atoms with van der Waals surface area (Å²) in [5, 5.41) is 0. The molecule has 0 saturated heterocycles. The minimum atomic E-state index is -3.45. The van der Waals surface area contributed by atoms with Gasteiger partial charge in [0.05, 0.1) is 12.0 Å². The molecule has 0 unspecified atom stereocenters. The summed E-state index contributed by atoms with van der Waals surface area (Å²) in [6, 6.07) is 5.09. The number of ether oxygens (including phenoxy) is 1. The molecule has 0 bridgehead atoms. The zero-order valence-corrected chi connectivity index (χ0v) is 14.6. The molecule has 1 aliphatic carbocycles. The molecule has 0 heterocycles. The lowest BCUT2D eigenvalue weighted by Crippen LogP contribution is -2.30. The molecule has 0 aliphatic heterocycles. The van der Waals surface area contributed by atoms with E-state index in [-0.39, 0.29) is 5.92 Å². The predicted molar refractivity (Wildman–Crippen MR) is 88.8 cm³/mol. The SMILES string of the molecule is COc1ccc(S(=O)(=O)NCC2CCCCC2)cc1C(C)C. The van der Waals surface area contributed by atoms with Crippen molar-refractivity contribution in [2.75, 3.05) is 13.7 Å². The monoisotopic (exact) mass is 325 g/mol. The summed E-state index contributed by atoms with van der Waals surface area (Å²) in [7, 11) is -1.84. The van der Waals surface area contributed by atoms with Gasteiger partial charge in [0.15, 0.2) is 0 Å². The highest BCUT2D eigenvalue weighted by molar-refractivity contribution is 7.89. The number of sulfonamides is 1. The highest BCUT2D eigenvalue weighted by Crippen LogP contribution is 2.29. The Balaban J connectivity index is 2.12. The van der Waals surface area contributed by atoms with Crippen molar-refractivity contribution in [1.29, 1.82) is 0 Å². The molecule has 4 nitrogen and oxygen atoms in total. The van der Waals surface area contributed by atoms with Crippen molar-refractivity contribution in [3.05, 3.63) is 23.8 Å². The van der Waals surface area contributed by atoms with Crippen LogP contribution in [-0.4, -0.2) is 22.1 Å². The Morgan fingerprint density at radius 2 is 1.91 bits per heavy atom. The Morgan fingerprint density at radius 1 is 1.23 bits per heavy atom. The van der Waals surface area contributed by atoms with Gasteiger partial charge >= 0.3 is 0 Å². The summed E-state index contributed by atoms with van der Waals surface area (Å²) in [6.07, 6.45) is 5.96. The van der Waals surface area contributed by atoms with E-state index in [9.17, 15) is 8.42 Å². The minimum absolute atomic E-state index is 0.212. The Bertz CT molecular complexity index is 590. The smallest absolute Gasteiger partial charge is 0.240 e. The summed E-state index contributed by atoms with van der Waals surface area (Å²) in [5.74, 6) is 1.43. The van der Waals surface area contributed by atoms with E-state index in [1.807, 2.05) is 13.8 Å². The maximum atomic E-state index is 12.5. The number of methoxy groups -OCH3 is 1. The second-order valence-corrected chi connectivity index (χ2v) is 8.18. The fourth-order valence-electron chi connectivity index (χ4n) is 3.03. The lowest BCUT2D eigenvalue weighted by Gasteiger charge is -2.22. The summed E-state index contributed by atoms with van der Waals surface area (Å²) >= 11 is 0. The van der Waals surface area contributed by atoms with E-state index >= 15 is 0 Å². The molecule has 22 heavy (non-hydrogen) atoms. The molecule has 0 aromatic heterocycles. The van der Waals surface area contributed by atoms with Gasteiger partial charge in [-0.3, -0.25) is 0 Å². The molecule has 2 rings (SSSR count).